The molecule has 0 aromatic carbocycles. The predicted octanol–water partition coefficient (Wildman–Crippen LogP) is 0.801. The zero-order chi connectivity index (χ0) is 6.95. The first-order valence-electron chi connectivity index (χ1n) is 1.55. The van der Waals surface area contributed by atoms with Crippen molar-refractivity contribution in [3.05, 3.63) is 0 Å². The molecule has 0 radical (unpaired) electrons. The van der Waals surface area contributed by atoms with Gasteiger partial charge in [-0.15, -0.1) is 8.80 Å². The van der Waals surface area contributed by atoms with Gasteiger partial charge in [-0.3, -0.25) is 0 Å². The van der Waals surface area contributed by atoms with Crippen LogP contribution in [0, 0.1) is 0 Å². The van der Waals surface area contributed by atoms with Gasteiger partial charge in [0.1, 0.15) is 0 Å². The summed E-state index contributed by atoms with van der Waals surface area (Å²) in [5.41, 5.74) is 0. The Balaban J connectivity index is 3.09. The van der Waals surface area contributed by atoms with Crippen LogP contribution in [0.15, 0.2) is 8.80 Å². The maximum Gasteiger partial charge on any atom is 0.249 e. The highest BCUT2D eigenvalue weighted by Crippen LogP contribution is 2.14. The molecule has 0 aliphatic rings. The molecular formula is C2N2O3S2. The van der Waals surface area contributed by atoms with Crippen LogP contribution in [0.1, 0.15) is 0 Å². The maximum absolute atomic E-state index is 9.33. The van der Waals surface area contributed by atoms with E-state index in [1.807, 2.05) is 0 Å². The van der Waals surface area contributed by atoms with Gasteiger partial charge < -0.3 is 0 Å². The Bertz CT molecular complexity index is 141. The van der Waals surface area contributed by atoms with Crippen LogP contribution in [-0.2, 0) is 13.2 Å². The summed E-state index contributed by atoms with van der Waals surface area (Å²) in [5, 5.41) is 0. The lowest BCUT2D eigenvalue weighted by molar-refractivity contribution is 0.565. The van der Waals surface area contributed by atoms with Gasteiger partial charge in [-0.1, -0.05) is 0 Å². The van der Waals surface area contributed by atoms with Gasteiger partial charge in [-0.05, 0) is 0 Å². The summed E-state index contributed by atoms with van der Waals surface area (Å²) in [7, 11) is 0. The van der Waals surface area contributed by atoms with E-state index in [1.54, 1.807) is 0 Å². The number of nitrogens with zero attached hydrogens (tertiary/aromatic N) is 2. The lowest BCUT2D eigenvalue weighted by Crippen LogP contribution is -1.55. The highest BCUT2D eigenvalue weighted by molar-refractivity contribution is 8.06. The standard InChI is InChI=1S/C2N2O3S2/c5-1-3-8-7-9-4-2-6. The minimum atomic E-state index is 0.485. The van der Waals surface area contributed by atoms with Crippen LogP contribution < -0.4 is 0 Å². The Morgan fingerprint density at radius 2 is 1.56 bits per heavy atom. The van der Waals surface area contributed by atoms with Gasteiger partial charge in [-0.2, -0.15) is 3.63 Å². The van der Waals surface area contributed by atoms with E-state index in [4.69, 9.17) is 0 Å². The number of hydrogen-bond acceptors (Lipinski definition) is 7. The van der Waals surface area contributed by atoms with Gasteiger partial charge in [0.05, 0.1) is 0 Å². The van der Waals surface area contributed by atoms with Crippen molar-refractivity contribution in [3.8, 4) is 0 Å². The Labute approximate surface area is 59.3 Å². The van der Waals surface area contributed by atoms with Gasteiger partial charge in [-0.25, -0.2) is 9.59 Å². The maximum atomic E-state index is 9.33. The molecule has 0 unspecified atom stereocenters. The summed E-state index contributed by atoms with van der Waals surface area (Å²) in [6.45, 7) is 0. The number of isocyanates is 2. The molecule has 0 aliphatic carbocycles. The van der Waals surface area contributed by atoms with Crippen molar-refractivity contribution in [2.45, 2.75) is 0 Å². The largest absolute Gasteiger partial charge is 0.249 e. The first-order valence-corrected chi connectivity index (χ1v) is 2.95. The fourth-order valence-corrected chi connectivity index (χ4v) is 0.488. The van der Waals surface area contributed by atoms with Crippen LogP contribution in [0.5, 0.6) is 0 Å². The second kappa shape index (κ2) is 7.42. The van der Waals surface area contributed by atoms with Crippen LogP contribution >= 0.6 is 24.5 Å². The summed E-state index contributed by atoms with van der Waals surface area (Å²) in [5.74, 6) is 0. The fraction of sp³-hybridized carbons (Fsp3) is 0. The smallest absolute Gasteiger partial charge is 0.210 e. The average Bonchev–Trinajstić information content (AvgIpc) is 1.89. The Kier molecular flexibility index (Phi) is 6.94. The molecule has 0 amide bonds. The van der Waals surface area contributed by atoms with E-state index in [0.717, 1.165) is 0 Å². The van der Waals surface area contributed by atoms with Crippen LogP contribution in [-0.4, -0.2) is 12.2 Å². The van der Waals surface area contributed by atoms with Gasteiger partial charge in [0.25, 0.3) is 0 Å². The Morgan fingerprint density at radius 3 is 1.89 bits per heavy atom. The second-order valence-corrected chi connectivity index (χ2v) is 1.79. The van der Waals surface area contributed by atoms with Crippen LogP contribution in [0.2, 0.25) is 0 Å². The Morgan fingerprint density at radius 1 is 1.11 bits per heavy atom. The highest BCUT2D eigenvalue weighted by atomic mass is 32.2. The van der Waals surface area contributed by atoms with E-state index in [0.29, 0.717) is 24.5 Å². The highest BCUT2D eigenvalue weighted by Gasteiger charge is 1.81. The molecule has 0 spiro atoms. The van der Waals surface area contributed by atoms with E-state index < -0.39 is 0 Å². The third-order valence-electron chi connectivity index (χ3n) is 0.210. The zero-order valence-electron chi connectivity index (χ0n) is 3.94. The third-order valence-corrected chi connectivity index (χ3v) is 0.995. The first kappa shape index (κ1) is 8.42. The van der Waals surface area contributed by atoms with Crippen molar-refractivity contribution < 1.29 is 13.2 Å². The predicted molar refractivity (Wildman–Crippen MR) is 32.5 cm³/mol. The molecule has 0 fully saturated rings. The molecule has 0 atom stereocenters. The number of carbonyl (C=O) groups excluding carboxylic acids is 2. The van der Waals surface area contributed by atoms with Crippen molar-refractivity contribution in [3.63, 3.8) is 0 Å². The molecule has 0 aromatic rings. The van der Waals surface area contributed by atoms with Crippen molar-refractivity contribution in [1.29, 1.82) is 0 Å². The van der Waals surface area contributed by atoms with Gasteiger partial charge in [0, 0.05) is 0 Å². The molecule has 0 saturated carbocycles. The lowest BCUT2D eigenvalue weighted by atomic mass is 11.7. The molecule has 0 aromatic heterocycles. The fourth-order valence-electron chi connectivity index (χ4n) is 0.0745. The summed E-state index contributed by atoms with van der Waals surface area (Å²) in [6, 6.07) is 0. The van der Waals surface area contributed by atoms with Gasteiger partial charge >= 0.3 is 0 Å². The zero-order valence-corrected chi connectivity index (χ0v) is 5.57. The Hall–Kier alpha value is -0.580. The molecule has 0 heterocycles. The second-order valence-electron chi connectivity index (χ2n) is 0.582. The molecule has 0 rings (SSSR count). The topological polar surface area (TPSA) is 68.1 Å². The van der Waals surface area contributed by atoms with Crippen LogP contribution in [0.25, 0.3) is 0 Å². The monoisotopic (exact) mass is 164 g/mol. The van der Waals surface area contributed by atoms with Gasteiger partial charge in [0.2, 0.25) is 12.2 Å². The minimum Gasteiger partial charge on any atom is -0.210 e. The van der Waals surface area contributed by atoms with E-state index >= 15 is 0 Å². The molecule has 9 heavy (non-hydrogen) atoms. The van der Waals surface area contributed by atoms with E-state index in [2.05, 4.69) is 12.4 Å². The molecule has 5 nitrogen and oxygen atoms in total. The van der Waals surface area contributed by atoms with E-state index in [1.165, 1.54) is 12.2 Å². The summed E-state index contributed by atoms with van der Waals surface area (Å²) in [4.78, 5) is 18.7. The average molecular weight is 164 g/mol. The number of rotatable bonds is 4. The van der Waals surface area contributed by atoms with Crippen molar-refractivity contribution in [2.24, 2.45) is 8.80 Å². The van der Waals surface area contributed by atoms with Crippen molar-refractivity contribution in [1.82, 2.24) is 0 Å². The van der Waals surface area contributed by atoms with Crippen LogP contribution in [0.3, 0.4) is 0 Å². The van der Waals surface area contributed by atoms with Crippen molar-refractivity contribution >= 4 is 36.6 Å². The molecular weight excluding hydrogens is 164 g/mol. The minimum absolute atomic E-state index is 0.485. The third kappa shape index (κ3) is 7.42. The number of hydrogen-bond donors (Lipinski definition) is 0. The SMILES string of the molecule is O=C=NSOSN=C=O. The molecule has 48 valence electrons. The summed E-state index contributed by atoms with van der Waals surface area (Å²) in [6.07, 6.45) is 2.41. The summed E-state index contributed by atoms with van der Waals surface area (Å²) < 4.78 is 10.1. The van der Waals surface area contributed by atoms with Crippen LogP contribution in [0.4, 0.5) is 0 Å². The van der Waals surface area contributed by atoms with Gasteiger partial charge in [0.15, 0.2) is 24.5 Å². The first-order chi connectivity index (χ1) is 4.41. The molecule has 0 bridgehead atoms. The van der Waals surface area contributed by atoms with Crippen molar-refractivity contribution in [2.75, 3.05) is 0 Å². The molecule has 7 heteroatoms. The van der Waals surface area contributed by atoms with E-state index in [9.17, 15) is 9.59 Å². The molecule has 0 saturated heterocycles. The summed E-state index contributed by atoms with van der Waals surface area (Å²) >= 11 is 0.970. The normalized spacial score (nSPS) is 7.11. The van der Waals surface area contributed by atoms with E-state index in [-0.39, 0.29) is 0 Å². The molecule has 0 N–H and O–H groups in total. The lowest BCUT2D eigenvalue weighted by Gasteiger charge is -1.80. The molecule has 0 aliphatic heterocycles. The quantitative estimate of drug-likeness (QED) is 0.202.